The summed E-state index contributed by atoms with van der Waals surface area (Å²) >= 11 is 0. The zero-order chi connectivity index (χ0) is 37.4. The monoisotopic (exact) mass is 700 g/mol. The molecule has 6 N–H and O–H groups in total. The standard InChI is InChI=1S/C38H68O11/c1-12-17-28(39)36(16-5)19-21(7)38(46,49-36)35(11)18-20(6)32(47-35)25(13-2)30(41)22(8)29(40)23(9)33-26(14-3)31(42)24(10)37(45,48-33)27(15-4)34(43)44/h20-29,31-33,39-40,42,45-46H,12-19H2,1-11H3,(H,43,44)/t20-,21-,22+,23-,24+,25+,26+,27+,28-,29-,31-,32+,33-,35-,36-,37-,38+/m0/s1. The van der Waals surface area contributed by atoms with Crippen molar-refractivity contribution in [1.82, 2.24) is 0 Å². The second-order valence-electron chi connectivity index (χ2n) is 16.2. The van der Waals surface area contributed by atoms with Gasteiger partial charge in [0.05, 0.1) is 36.1 Å². The number of aliphatic hydroxyl groups excluding tert-OH is 3. The number of carboxylic acids is 1. The molecule has 49 heavy (non-hydrogen) atoms. The lowest BCUT2D eigenvalue weighted by molar-refractivity contribution is -0.348. The molecule has 0 amide bonds. The lowest BCUT2D eigenvalue weighted by atomic mass is 9.69. The number of Topliss-reactive ketones (excluding diaryl/α,β-unsaturated/α-hetero) is 1. The summed E-state index contributed by atoms with van der Waals surface area (Å²) in [5, 5.41) is 67.8. The van der Waals surface area contributed by atoms with E-state index in [4.69, 9.17) is 14.2 Å². The van der Waals surface area contributed by atoms with E-state index in [0.29, 0.717) is 38.5 Å². The zero-order valence-electron chi connectivity index (χ0n) is 31.9. The second-order valence-corrected chi connectivity index (χ2v) is 16.2. The average Bonchev–Trinajstić information content (AvgIpc) is 3.52. The molecule has 3 heterocycles. The molecular formula is C38H68O11. The summed E-state index contributed by atoms with van der Waals surface area (Å²) < 4.78 is 19.4. The first-order valence-electron chi connectivity index (χ1n) is 19.0. The molecule has 0 spiro atoms. The van der Waals surface area contributed by atoms with Crippen LogP contribution in [0.2, 0.25) is 0 Å². The molecule has 3 fully saturated rings. The summed E-state index contributed by atoms with van der Waals surface area (Å²) in [5.41, 5.74) is -2.05. The Morgan fingerprint density at radius 1 is 0.918 bits per heavy atom. The van der Waals surface area contributed by atoms with Crippen molar-refractivity contribution in [2.45, 2.75) is 181 Å². The number of ether oxygens (including phenoxy) is 3. The number of carboxylic acid groups (broad SMARTS) is 1. The van der Waals surface area contributed by atoms with Crippen molar-refractivity contribution in [3.8, 4) is 0 Å². The van der Waals surface area contributed by atoms with Gasteiger partial charge >= 0.3 is 5.97 Å². The highest BCUT2D eigenvalue weighted by molar-refractivity contribution is 5.84. The highest BCUT2D eigenvalue weighted by Crippen LogP contribution is 2.56. The molecule has 0 unspecified atom stereocenters. The van der Waals surface area contributed by atoms with Crippen LogP contribution in [-0.2, 0) is 23.8 Å². The Kier molecular flexibility index (Phi) is 13.6. The summed E-state index contributed by atoms with van der Waals surface area (Å²) in [6.45, 7) is 20.0. The molecule has 0 saturated carbocycles. The average molecular weight is 701 g/mol. The Labute approximate surface area is 294 Å². The van der Waals surface area contributed by atoms with Crippen LogP contribution in [0.1, 0.15) is 128 Å². The Morgan fingerprint density at radius 2 is 1.53 bits per heavy atom. The Morgan fingerprint density at radius 3 is 2.02 bits per heavy atom. The van der Waals surface area contributed by atoms with Crippen LogP contribution in [0.5, 0.6) is 0 Å². The Bertz CT molecular complexity index is 1130. The third-order valence-corrected chi connectivity index (χ3v) is 13.1. The molecule has 0 aliphatic carbocycles. The van der Waals surface area contributed by atoms with Crippen LogP contribution in [0.3, 0.4) is 0 Å². The summed E-state index contributed by atoms with van der Waals surface area (Å²) in [4.78, 5) is 26.4. The molecule has 0 bridgehead atoms. The molecule has 11 nitrogen and oxygen atoms in total. The second kappa shape index (κ2) is 15.8. The van der Waals surface area contributed by atoms with E-state index in [0.717, 1.165) is 6.42 Å². The van der Waals surface area contributed by atoms with Crippen LogP contribution in [0.15, 0.2) is 0 Å². The molecule has 3 aliphatic rings. The first-order valence-corrected chi connectivity index (χ1v) is 19.0. The van der Waals surface area contributed by atoms with E-state index < -0.39 is 94.8 Å². The van der Waals surface area contributed by atoms with Crippen molar-refractivity contribution in [3.63, 3.8) is 0 Å². The van der Waals surface area contributed by atoms with Gasteiger partial charge in [-0.1, -0.05) is 75.7 Å². The van der Waals surface area contributed by atoms with Gasteiger partial charge < -0.3 is 44.8 Å². The molecule has 3 rings (SSSR count). The van der Waals surface area contributed by atoms with Gasteiger partial charge in [-0.15, -0.1) is 0 Å². The number of aliphatic carboxylic acids is 1. The molecule has 286 valence electrons. The normalized spacial score (nSPS) is 43.5. The number of hydrogen-bond donors (Lipinski definition) is 6. The fourth-order valence-electron chi connectivity index (χ4n) is 9.82. The van der Waals surface area contributed by atoms with E-state index in [-0.39, 0.29) is 24.0 Å². The molecule has 3 saturated heterocycles. The maximum Gasteiger partial charge on any atom is 0.311 e. The summed E-state index contributed by atoms with van der Waals surface area (Å²) in [5.74, 6) is -10.7. The molecular weight excluding hydrogens is 632 g/mol. The van der Waals surface area contributed by atoms with Gasteiger partial charge in [-0.25, -0.2) is 0 Å². The smallest absolute Gasteiger partial charge is 0.311 e. The van der Waals surface area contributed by atoms with Gasteiger partial charge in [0.1, 0.15) is 17.3 Å². The van der Waals surface area contributed by atoms with Crippen molar-refractivity contribution >= 4 is 11.8 Å². The number of rotatable bonds is 16. The molecule has 0 aromatic rings. The van der Waals surface area contributed by atoms with Gasteiger partial charge in [0.15, 0.2) is 11.6 Å². The number of carbonyl (C=O) groups excluding carboxylic acids is 1. The molecule has 0 radical (unpaired) electrons. The van der Waals surface area contributed by atoms with Crippen molar-refractivity contribution < 1.29 is 54.4 Å². The molecule has 11 heteroatoms. The van der Waals surface area contributed by atoms with Gasteiger partial charge in [-0.3, -0.25) is 9.59 Å². The fraction of sp³-hybridized carbons (Fsp3) is 0.947. The third kappa shape index (κ3) is 7.26. The van der Waals surface area contributed by atoms with Crippen LogP contribution in [-0.4, -0.2) is 95.7 Å². The lowest BCUT2D eigenvalue weighted by Crippen LogP contribution is -2.64. The van der Waals surface area contributed by atoms with Gasteiger partial charge in [0.2, 0.25) is 0 Å². The lowest BCUT2D eigenvalue weighted by Gasteiger charge is -2.52. The van der Waals surface area contributed by atoms with Crippen molar-refractivity contribution in [2.75, 3.05) is 0 Å². The molecule has 17 atom stereocenters. The van der Waals surface area contributed by atoms with Gasteiger partial charge in [0, 0.05) is 35.5 Å². The minimum Gasteiger partial charge on any atom is -0.481 e. The van der Waals surface area contributed by atoms with Crippen LogP contribution >= 0.6 is 0 Å². The zero-order valence-corrected chi connectivity index (χ0v) is 31.9. The van der Waals surface area contributed by atoms with E-state index in [2.05, 4.69) is 0 Å². The first kappa shape index (κ1) is 42.2. The number of hydrogen-bond acceptors (Lipinski definition) is 10. The van der Waals surface area contributed by atoms with E-state index in [1.165, 1.54) is 0 Å². The van der Waals surface area contributed by atoms with Gasteiger partial charge in [0.25, 0.3) is 0 Å². The van der Waals surface area contributed by atoms with E-state index >= 15 is 0 Å². The quantitative estimate of drug-likeness (QED) is 0.132. The van der Waals surface area contributed by atoms with Crippen molar-refractivity contribution in [3.05, 3.63) is 0 Å². The Hall–Kier alpha value is -1.18. The summed E-state index contributed by atoms with van der Waals surface area (Å²) in [7, 11) is 0. The summed E-state index contributed by atoms with van der Waals surface area (Å²) in [6.07, 6.45) is -0.779. The van der Waals surface area contributed by atoms with E-state index in [1.54, 1.807) is 27.7 Å². The molecule has 3 aliphatic heterocycles. The maximum atomic E-state index is 14.3. The van der Waals surface area contributed by atoms with Crippen LogP contribution in [0, 0.1) is 47.3 Å². The third-order valence-electron chi connectivity index (χ3n) is 13.1. The predicted octanol–water partition coefficient (Wildman–Crippen LogP) is 4.67. The fourth-order valence-corrected chi connectivity index (χ4v) is 9.82. The highest BCUT2D eigenvalue weighted by atomic mass is 16.7. The number of carbonyl (C=O) groups is 2. The number of aliphatic hydroxyl groups is 5. The van der Waals surface area contributed by atoms with E-state index in [1.807, 2.05) is 48.5 Å². The maximum absolute atomic E-state index is 14.3. The largest absolute Gasteiger partial charge is 0.481 e. The van der Waals surface area contributed by atoms with Crippen LogP contribution in [0.25, 0.3) is 0 Å². The predicted molar refractivity (Wildman–Crippen MR) is 184 cm³/mol. The highest BCUT2D eigenvalue weighted by Gasteiger charge is 2.67. The van der Waals surface area contributed by atoms with Crippen LogP contribution in [0.4, 0.5) is 0 Å². The SMILES string of the molecule is CCC[C@H](O)[C@]1(CC)C[C@H](C)[C@](O)([C@]2(C)C[C@H](C)[C@H]([C@H](CC)C(=O)[C@H](C)[C@H](O)[C@H](C)[C@@H]3O[C@](O)([C@H](CC)C(=O)O)[C@H](C)[C@H](O)[C@H]3CC)O2)O1. The summed E-state index contributed by atoms with van der Waals surface area (Å²) in [6, 6.07) is 0. The first-order chi connectivity index (χ1) is 22.7. The van der Waals surface area contributed by atoms with Gasteiger partial charge in [-0.2, -0.15) is 0 Å². The van der Waals surface area contributed by atoms with Crippen LogP contribution < -0.4 is 0 Å². The minimum absolute atomic E-state index is 0.0760. The minimum atomic E-state index is -2.16. The van der Waals surface area contributed by atoms with Crippen molar-refractivity contribution in [1.29, 1.82) is 0 Å². The topological polar surface area (TPSA) is 183 Å². The number of ketones is 1. The van der Waals surface area contributed by atoms with Crippen molar-refractivity contribution in [2.24, 2.45) is 47.3 Å². The Balaban J connectivity index is 1.85. The van der Waals surface area contributed by atoms with E-state index in [9.17, 15) is 40.2 Å². The van der Waals surface area contributed by atoms with Gasteiger partial charge in [-0.05, 0) is 57.8 Å². The molecule has 0 aromatic carbocycles. The molecule has 0 aromatic heterocycles.